The molecule has 2 aromatic heterocycles. The first-order chi connectivity index (χ1) is 13.9. The Bertz CT molecular complexity index is 1000. The summed E-state index contributed by atoms with van der Waals surface area (Å²) >= 11 is 0. The number of fused-ring (bicyclic) bond motifs is 1. The first kappa shape index (κ1) is 20.6. The molecule has 0 unspecified atom stereocenters. The highest BCUT2D eigenvalue weighted by molar-refractivity contribution is 5.95. The first-order valence-corrected chi connectivity index (χ1v) is 10.0. The number of hydrogen-bond donors (Lipinski definition) is 3. The summed E-state index contributed by atoms with van der Waals surface area (Å²) in [6, 6.07) is 8.00. The number of benzene rings is 1. The summed E-state index contributed by atoms with van der Waals surface area (Å²) in [5, 5.41) is 13.9. The van der Waals surface area contributed by atoms with E-state index in [-0.39, 0.29) is 30.3 Å². The van der Waals surface area contributed by atoms with Gasteiger partial charge in [0.05, 0.1) is 17.5 Å². The first-order valence-electron chi connectivity index (χ1n) is 10.0. The van der Waals surface area contributed by atoms with E-state index in [1.165, 1.54) is 0 Å². The number of hydrogen-bond acceptors (Lipinski definition) is 3. The van der Waals surface area contributed by atoms with E-state index in [0.29, 0.717) is 18.5 Å². The van der Waals surface area contributed by atoms with Gasteiger partial charge in [-0.05, 0) is 37.8 Å². The number of aromatic amines is 1. The zero-order chi connectivity index (χ0) is 21.0. The Morgan fingerprint density at radius 3 is 2.72 bits per heavy atom. The van der Waals surface area contributed by atoms with Gasteiger partial charge in [0.2, 0.25) is 5.91 Å². The lowest BCUT2D eigenvalue weighted by atomic mass is 10.1. The van der Waals surface area contributed by atoms with Gasteiger partial charge in [-0.1, -0.05) is 32.0 Å². The average Bonchev–Trinajstić information content (AvgIpc) is 3.28. The fourth-order valence-corrected chi connectivity index (χ4v) is 3.49. The number of H-pyrrole nitrogens is 1. The second-order valence-electron chi connectivity index (χ2n) is 7.82. The van der Waals surface area contributed by atoms with Gasteiger partial charge in [0.15, 0.2) is 0 Å². The SMILES string of the molecule is Cc1cn(CC(=O)NCC[C@H](C)NC(=O)c2cn[nH]c2C(C)C)c2ccccc12. The van der Waals surface area contributed by atoms with Gasteiger partial charge in [0.1, 0.15) is 6.54 Å². The van der Waals surface area contributed by atoms with Gasteiger partial charge in [0, 0.05) is 29.7 Å². The molecule has 7 nitrogen and oxygen atoms in total. The molecule has 0 saturated carbocycles. The summed E-state index contributed by atoms with van der Waals surface area (Å²) in [5.41, 5.74) is 3.62. The van der Waals surface area contributed by atoms with Crippen molar-refractivity contribution in [3.8, 4) is 0 Å². The molecule has 0 aliphatic carbocycles. The minimum Gasteiger partial charge on any atom is -0.354 e. The van der Waals surface area contributed by atoms with E-state index >= 15 is 0 Å². The van der Waals surface area contributed by atoms with Crippen LogP contribution < -0.4 is 10.6 Å². The van der Waals surface area contributed by atoms with Crippen LogP contribution in [0.4, 0.5) is 0 Å². The molecule has 0 aliphatic heterocycles. The van der Waals surface area contributed by atoms with Crippen molar-refractivity contribution in [1.29, 1.82) is 0 Å². The summed E-state index contributed by atoms with van der Waals surface area (Å²) in [7, 11) is 0. The van der Waals surface area contributed by atoms with Crippen LogP contribution in [0.5, 0.6) is 0 Å². The lowest BCUT2D eigenvalue weighted by molar-refractivity contribution is -0.121. The van der Waals surface area contributed by atoms with E-state index < -0.39 is 0 Å². The molecule has 0 aliphatic rings. The van der Waals surface area contributed by atoms with Crippen LogP contribution in [0, 0.1) is 6.92 Å². The highest BCUT2D eigenvalue weighted by Crippen LogP contribution is 2.20. The minimum atomic E-state index is -0.143. The van der Waals surface area contributed by atoms with Crippen molar-refractivity contribution < 1.29 is 9.59 Å². The van der Waals surface area contributed by atoms with E-state index in [2.05, 4.69) is 26.9 Å². The van der Waals surface area contributed by atoms with Crippen molar-refractivity contribution in [2.45, 2.75) is 52.6 Å². The number of carbonyl (C=O) groups excluding carboxylic acids is 2. The van der Waals surface area contributed by atoms with Gasteiger partial charge in [0.25, 0.3) is 5.91 Å². The van der Waals surface area contributed by atoms with E-state index in [9.17, 15) is 9.59 Å². The largest absolute Gasteiger partial charge is 0.354 e. The van der Waals surface area contributed by atoms with Crippen molar-refractivity contribution in [1.82, 2.24) is 25.4 Å². The smallest absolute Gasteiger partial charge is 0.254 e. The number of aryl methyl sites for hydroxylation is 1. The fraction of sp³-hybridized carbons (Fsp3) is 0.409. The van der Waals surface area contributed by atoms with Crippen LogP contribution in [0.1, 0.15) is 54.7 Å². The lowest BCUT2D eigenvalue weighted by Gasteiger charge is -2.15. The maximum atomic E-state index is 12.4. The van der Waals surface area contributed by atoms with Crippen LogP contribution >= 0.6 is 0 Å². The Morgan fingerprint density at radius 2 is 1.97 bits per heavy atom. The third-order valence-corrected chi connectivity index (χ3v) is 5.07. The van der Waals surface area contributed by atoms with Crippen LogP contribution in [0.2, 0.25) is 0 Å². The number of para-hydroxylation sites is 1. The molecule has 0 fully saturated rings. The summed E-state index contributed by atoms with van der Waals surface area (Å²) < 4.78 is 1.97. The predicted molar refractivity (Wildman–Crippen MR) is 114 cm³/mol. The number of aromatic nitrogens is 3. The Kier molecular flexibility index (Phi) is 6.36. The molecule has 3 N–H and O–H groups in total. The lowest BCUT2D eigenvalue weighted by Crippen LogP contribution is -2.37. The standard InChI is InChI=1S/C22H29N5O2/c1-14(2)21-18(11-24-26-21)22(29)25-16(4)9-10-23-20(28)13-27-12-15(3)17-7-5-6-8-19(17)27/h5-8,11-12,14,16H,9-10,13H2,1-4H3,(H,23,28)(H,24,26)(H,25,29)/t16-/m0/s1. The van der Waals surface area contributed by atoms with Crippen molar-refractivity contribution in [2.24, 2.45) is 0 Å². The third kappa shape index (κ3) is 4.85. The van der Waals surface area contributed by atoms with E-state index in [1.54, 1.807) is 6.20 Å². The molecule has 2 heterocycles. The molecule has 3 rings (SSSR count). The molecular formula is C22H29N5O2. The van der Waals surface area contributed by atoms with Gasteiger partial charge in [-0.25, -0.2) is 0 Å². The van der Waals surface area contributed by atoms with Crippen molar-refractivity contribution >= 4 is 22.7 Å². The Morgan fingerprint density at radius 1 is 1.21 bits per heavy atom. The molecule has 0 radical (unpaired) electrons. The maximum absolute atomic E-state index is 12.4. The molecule has 1 aromatic carbocycles. The van der Waals surface area contributed by atoms with Crippen LogP contribution in [-0.4, -0.2) is 39.2 Å². The summed E-state index contributed by atoms with van der Waals surface area (Å²) in [6.07, 6.45) is 4.21. The number of amides is 2. The highest BCUT2D eigenvalue weighted by atomic mass is 16.2. The van der Waals surface area contributed by atoms with Crippen LogP contribution in [0.15, 0.2) is 36.7 Å². The molecule has 1 atom stereocenters. The third-order valence-electron chi connectivity index (χ3n) is 5.07. The van der Waals surface area contributed by atoms with Gasteiger partial charge in [-0.3, -0.25) is 14.7 Å². The fourth-order valence-electron chi connectivity index (χ4n) is 3.49. The Hall–Kier alpha value is -3.09. The number of nitrogens with one attached hydrogen (secondary N) is 3. The van der Waals surface area contributed by atoms with Crippen molar-refractivity contribution in [2.75, 3.05) is 6.54 Å². The number of rotatable bonds is 8. The molecule has 2 amide bonds. The monoisotopic (exact) mass is 395 g/mol. The van der Waals surface area contributed by atoms with E-state index in [1.807, 2.05) is 56.7 Å². The summed E-state index contributed by atoms with van der Waals surface area (Å²) in [4.78, 5) is 24.8. The summed E-state index contributed by atoms with van der Waals surface area (Å²) in [5.74, 6) is 0.0121. The zero-order valence-corrected chi connectivity index (χ0v) is 17.5. The predicted octanol–water partition coefficient (Wildman–Crippen LogP) is 3.12. The van der Waals surface area contributed by atoms with Gasteiger partial charge >= 0.3 is 0 Å². The second-order valence-corrected chi connectivity index (χ2v) is 7.82. The number of carbonyl (C=O) groups is 2. The molecule has 29 heavy (non-hydrogen) atoms. The molecule has 154 valence electrons. The van der Waals surface area contributed by atoms with Crippen LogP contribution in [0.25, 0.3) is 10.9 Å². The molecule has 7 heteroatoms. The van der Waals surface area contributed by atoms with E-state index in [4.69, 9.17) is 0 Å². The van der Waals surface area contributed by atoms with Gasteiger partial charge in [-0.2, -0.15) is 5.10 Å². The second kappa shape index (κ2) is 8.94. The van der Waals surface area contributed by atoms with Crippen LogP contribution in [-0.2, 0) is 11.3 Å². The Balaban J connectivity index is 1.47. The van der Waals surface area contributed by atoms with Gasteiger partial charge in [-0.15, -0.1) is 0 Å². The molecule has 3 aromatic rings. The molecule has 0 bridgehead atoms. The highest BCUT2D eigenvalue weighted by Gasteiger charge is 2.17. The molecule has 0 spiro atoms. The zero-order valence-electron chi connectivity index (χ0n) is 17.5. The number of nitrogens with zero attached hydrogens (tertiary/aromatic N) is 2. The molecular weight excluding hydrogens is 366 g/mol. The normalized spacial score (nSPS) is 12.3. The van der Waals surface area contributed by atoms with Crippen molar-refractivity contribution in [3.05, 3.63) is 53.5 Å². The average molecular weight is 396 g/mol. The van der Waals surface area contributed by atoms with Crippen molar-refractivity contribution in [3.63, 3.8) is 0 Å². The quantitative estimate of drug-likeness (QED) is 0.547. The molecule has 0 saturated heterocycles. The summed E-state index contributed by atoms with van der Waals surface area (Å²) in [6.45, 7) is 8.79. The topological polar surface area (TPSA) is 91.8 Å². The maximum Gasteiger partial charge on any atom is 0.254 e. The van der Waals surface area contributed by atoms with E-state index in [0.717, 1.165) is 22.2 Å². The Labute approximate surface area is 170 Å². The van der Waals surface area contributed by atoms with Crippen LogP contribution in [0.3, 0.4) is 0 Å². The van der Waals surface area contributed by atoms with Gasteiger partial charge < -0.3 is 15.2 Å². The minimum absolute atomic E-state index is 0.0405.